The summed E-state index contributed by atoms with van der Waals surface area (Å²) in [6, 6.07) is 10.6. The van der Waals surface area contributed by atoms with Crippen LogP contribution >= 0.6 is 15.9 Å². The molecule has 0 fully saturated rings. The zero-order valence-corrected chi connectivity index (χ0v) is 13.2. The average molecular weight is 319 g/mol. The van der Waals surface area contributed by atoms with Crippen molar-refractivity contribution in [2.45, 2.75) is 27.2 Å². The van der Waals surface area contributed by atoms with Crippen molar-refractivity contribution in [3.63, 3.8) is 0 Å². The highest BCUT2D eigenvalue weighted by molar-refractivity contribution is 9.10. The molecule has 0 saturated heterocycles. The van der Waals surface area contributed by atoms with Crippen LogP contribution in [-0.4, -0.2) is 4.98 Å². The van der Waals surface area contributed by atoms with E-state index in [1.807, 2.05) is 13.1 Å². The van der Waals surface area contributed by atoms with Crippen molar-refractivity contribution in [1.29, 1.82) is 0 Å². The maximum atomic E-state index is 4.39. The van der Waals surface area contributed by atoms with Gasteiger partial charge >= 0.3 is 0 Å². The molecule has 0 aliphatic heterocycles. The van der Waals surface area contributed by atoms with Crippen LogP contribution in [-0.2, 0) is 6.42 Å². The third-order valence-corrected chi connectivity index (χ3v) is 3.34. The van der Waals surface area contributed by atoms with E-state index >= 15 is 0 Å². The summed E-state index contributed by atoms with van der Waals surface area (Å²) in [6.45, 7) is 6.52. The molecule has 100 valence electrons. The topological polar surface area (TPSA) is 24.9 Å². The number of hydrogen-bond acceptors (Lipinski definition) is 2. The first-order valence-corrected chi connectivity index (χ1v) is 7.32. The van der Waals surface area contributed by atoms with Crippen molar-refractivity contribution in [2.75, 3.05) is 5.32 Å². The van der Waals surface area contributed by atoms with Gasteiger partial charge in [0.15, 0.2) is 0 Å². The number of pyridine rings is 1. The lowest BCUT2D eigenvalue weighted by molar-refractivity contribution is 0.647. The summed E-state index contributed by atoms with van der Waals surface area (Å²) in [4.78, 5) is 4.39. The largest absolute Gasteiger partial charge is 0.340 e. The predicted octanol–water partition coefficient (Wildman–Crippen LogP) is 5.09. The second-order valence-corrected chi connectivity index (χ2v) is 6.15. The van der Waals surface area contributed by atoms with E-state index in [-0.39, 0.29) is 0 Å². The average Bonchev–Trinajstić information content (AvgIpc) is 2.34. The number of aromatic nitrogens is 1. The fraction of sp³-hybridized carbons (Fsp3) is 0.312. The fourth-order valence-corrected chi connectivity index (χ4v) is 2.45. The Morgan fingerprint density at radius 3 is 2.47 bits per heavy atom. The van der Waals surface area contributed by atoms with Gasteiger partial charge in [-0.3, -0.25) is 0 Å². The Hall–Kier alpha value is -1.35. The predicted molar refractivity (Wildman–Crippen MR) is 84.9 cm³/mol. The number of benzene rings is 1. The zero-order chi connectivity index (χ0) is 13.8. The molecule has 1 aromatic heterocycles. The molecule has 0 aliphatic rings. The smallest absolute Gasteiger partial charge is 0.133 e. The summed E-state index contributed by atoms with van der Waals surface area (Å²) in [7, 11) is 0. The van der Waals surface area contributed by atoms with Crippen molar-refractivity contribution in [3.05, 3.63) is 52.1 Å². The highest BCUT2D eigenvalue weighted by Crippen LogP contribution is 2.21. The van der Waals surface area contributed by atoms with Gasteiger partial charge in [0.05, 0.1) is 0 Å². The van der Waals surface area contributed by atoms with Crippen LogP contribution in [0.5, 0.6) is 0 Å². The van der Waals surface area contributed by atoms with Gasteiger partial charge in [0, 0.05) is 16.4 Å². The maximum absolute atomic E-state index is 4.39. The Balaban J connectivity index is 2.10. The normalized spacial score (nSPS) is 10.8. The third kappa shape index (κ3) is 4.06. The molecular weight excluding hydrogens is 300 g/mol. The van der Waals surface area contributed by atoms with Crippen LogP contribution in [0.15, 0.2) is 41.0 Å². The van der Waals surface area contributed by atoms with Gasteiger partial charge in [-0.1, -0.05) is 26.0 Å². The molecule has 0 aliphatic carbocycles. The van der Waals surface area contributed by atoms with Crippen LogP contribution in [0.3, 0.4) is 0 Å². The number of halogens is 1. The van der Waals surface area contributed by atoms with E-state index in [9.17, 15) is 0 Å². The highest BCUT2D eigenvalue weighted by Gasteiger charge is 2.02. The third-order valence-electron chi connectivity index (χ3n) is 2.91. The van der Waals surface area contributed by atoms with Crippen molar-refractivity contribution >= 4 is 27.4 Å². The fourth-order valence-electron chi connectivity index (χ4n) is 2.00. The summed E-state index contributed by atoms with van der Waals surface area (Å²) < 4.78 is 1.00. The lowest BCUT2D eigenvalue weighted by atomic mass is 10.0. The van der Waals surface area contributed by atoms with E-state index in [0.29, 0.717) is 5.92 Å². The summed E-state index contributed by atoms with van der Waals surface area (Å²) in [5.41, 5.74) is 3.58. The Bertz CT molecular complexity index is 547. The van der Waals surface area contributed by atoms with Crippen molar-refractivity contribution in [1.82, 2.24) is 4.98 Å². The van der Waals surface area contributed by atoms with Gasteiger partial charge in [-0.2, -0.15) is 0 Å². The summed E-state index contributed by atoms with van der Waals surface area (Å²) in [5, 5.41) is 3.35. The van der Waals surface area contributed by atoms with Crippen LogP contribution in [0.1, 0.15) is 25.0 Å². The Morgan fingerprint density at radius 1 is 1.21 bits per heavy atom. The number of aryl methyl sites for hydroxylation is 1. The maximum Gasteiger partial charge on any atom is 0.133 e. The van der Waals surface area contributed by atoms with Crippen LogP contribution in [0.25, 0.3) is 0 Å². The van der Waals surface area contributed by atoms with Crippen LogP contribution < -0.4 is 5.32 Å². The lowest BCUT2D eigenvalue weighted by Crippen LogP contribution is -1.97. The number of nitrogens with zero attached hydrogens (tertiary/aromatic N) is 1. The molecule has 1 N–H and O–H groups in total. The number of rotatable bonds is 4. The Labute approximate surface area is 123 Å². The zero-order valence-electron chi connectivity index (χ0n) is 11.6. The first-order chi connectivity index (χ1) is 9.04. The molecule has 19 heavy (non-hydrogen) atoms. The van der Waals surface area contributed by atoms with Gasteiger partial charge in [-0.15, -0.1) is 0 Å². The number of nitrogens with one attached hydrogen (secondary N) is 1. The molecule has 0 bridgehead atoms. The van der Waals surface area contributed by atoms with Crippen LogP contribution in [0, 0.1) is 12.8 Å². The standard InChI is InChI=1S/C16H19BrN2/c1-11(2)8-13-4-6-15(7-5-13)19-16-12(3)9-14(17)10-18-16/h4-7,9-11H,8H2,1-3H3,(H,18,19). The van der Waals surface area contributed by atoms with E-state index < -0.39 is 0 Å². The minimum atomic E-state index is 0.689. The van der Waals surface area contributed by atoms with E-state index in [2.05, 4.69) is 70.4 Å². The molecule has 1 heterocycles. The molecular formula is C16H19BrN2. The molecule has 0 amide bonds. The van der Waals surface area contributed by atoms with Crippen molar-refractivity contribution in [3.8, 4) is 0 Å². The first kappa shape index (κ1) is 14.1. The van der Waals surface area contributed by atoms with Crippen molar-refractivity contribution < 1.29 is 0 Å². The monoisotopic (exact) mass is 318 g/mol. The molecule has 2 aromatic rings. The van der Waals surface area contributed by atoms with Gasteiger partial charge in [-0.05, 0) is 64.5 Å². The van der Waals surface area contributed by atoms with E-state index in [1.165, 1.54) is 5.56 Å². The molecule has 0 unspecified atom stereocenters. The van der Waals surface area contributed by atoms with E-state index in [1.54, 1.807) is 0 Å². The lowest BCUT2D eigenvalue weighted by Gasteiger charge is -2.10. The quantitative estimate of drug-likeness (QED) is 0.848. The van der Waals surface area contributed by atoms with Crippen molar-refractivity contribution in [2.24, 2.45) is 5.92 Å². The molecule has 0 spiro atoms. The second-order valence-electron chi connectivity index (χ2n) is 5.24. The second kappa shape index (κ2) is 6.20. The molecule has 0 radical (unpaired) electrons. The summed E-state index contributed by atoms with van der Waals surface area (Å²) in [5.74, 6) is 1.59. The van der Waals surface area contributed by atoms with Gasteiger partial charge in [0.25, 0.3) is 0 Å². The van der Waals surface area contributed by atoms with E-state index in [0.717, 1.165) is 28.0 Å². The van der Waals surface area contributed by atoms with Gasteiger partial charge in [0.2, 0.25) is 0 Å². The number of hydrogen-bond donors (Lipinski definition) is 1. The highest BCUT2D eigenvalue weighted by atomic mass is 79.9. The Kier molecular flexibility index (Phi) is 4.59. The van der Waals surface area contributed by atoms with Gasteiger partial charge in [0.1, 0.15) is 5.82 Å². The summed E-state index contributed by atoms with van der Waals surface area (Å²) in [6.07, 6.45) is 2.93. The number of anilines is 2. The van der Waals surface area contributed by atoms with Gasteiger partial charge < -0.3 is 5.32 Å². The van der Waals surface area contributed by atoms with Gasteiger partial charge in [-0.25, -0.2) is 4.98 Å². The minimum Gasteiger partial charge on any atom is -0.340 e. The van der Waals surface area contributed by atoms with Crippen LogP contribution in [0.2, 0.25) is 0 Å². The molecule has 3 heteroatoms. The summed E-state index contributed by atoms with van der Waals surface area (Å²) >= 11 is 3.42. The first-order valence-electron chi connectivity index (χ1n) is 6.52. The molecule has 0 saturated carbocycles. The SMILES string of the molecule is Cc1cc(Br)cnc1Nc1ccc(CC(C)C)cc1. The molecule has 2 nitrogen and oxygen atoms in total. The van der Waals surface area contributed by atoms with Crippen LogP contribution in [0.4, 0.5) is 11.5 Å². The van der Waals surface area contributed by atoms with E-state index in [4.69, 9.17) is 0 Å². The molecule has 2 rings (SSSR count). The minimum absolute atomic E-state index is 0.689. The molecule has 1 aromatic carbocycles. The Morgan fingerprint density at radius 2 is 1.89 bits per heavy atom. The molecule has 0 atom stereocenters.